The van der Waals surface area contributed by atoms with Gasteiger partial charge in [-0.2, -0.15) is 0 Å². The van der Waals surface area contributed by atoms with Crippen LogP contribution in [0.2, 0.25) is 5.02 Å². The third-order valence-electron chi connectivity index (χ3n) is 7.13. The number of fused-ring (bicyclic) bond motifs is 2. The Morgan fingerprint density at radius 1 is 1.08 bits per heavy atom. The molecule has 1 saturated heterocycles. The molecule has 3 heterocycles. The highest BCUT2D eigenvalue weighted by Crippen LogP contribution is 2.59. The summed E-state index contributed by atoms with van der Waals surface area (Å²) < 4.78 is 34.7. The molecule has 6 rings (SSSR count). The Morgan fingerprint density at radius 2 is 1.84 bits per heavy atom. The van der Waals surface area contributed by atoms with Gasteiger partial charge in [0, 0.05) is 22.7 Å². The van der Waals surface area contributed by atoms with Gasteiger partial charge in [0.25, 0.3) is 0 Å². The maximum atomic E-state index is 15.5. The van der Waals surface area contributed by atoms with E-state index in [0.717, 1.165) is 16.7 Å². The van der Waals surface area contributed by atoms with Crippen LogP contribution in [0.3, 0.4) is 0 Å². The summed E-state index contributed by atoms with van der Waals surface area (Å²) in [6.07, 6.45) is 1.50. The van der Waals surface area contributed by atoms with Crippen LogP contribution in [-0.4, -0.2) is 23.1 Å². The minimum absolute atomic E-state index is 0.283. The summed E-state index contributed by atoms with van der Waals surface area (Å²) in [5.41, 5.74) is 0.875. The molecule has 3 atom stereocenters. The molecule has 0 radical (unpaired) electrons. The van der Waals surface area contributed by atoms with Crippen molar-refractivity contribution in [2.75, 3.05) is 6.54 Å². The molecule has 1 fully saturated rings. The number of carbonyl (C=O) groups is 1. The summed E-state index contributed by atoms with van der Waals surface area (Å²) >= 11 is 6.12. The predicted molar refractivity (Wildman–Crippen MR) is 139 cm³/mol. The lowest BCUT2D eigenvalue weighted by molar-refractivity contribution is -0.138. The van der Waals surface area contributed by atoms with Gasteiger partial charge in [0.2, 0.25) is 5.72 Å². The van der Waals surface area contributed by atoms with Crippen LogP contribution in [0.15, 0.2) is 66.7 Å². The summed E-state index contributed by atoms with van der Waals surface area (Å²) in [7, 11) is 0. The molecule has 0 spiro atoms. The van der Waals surface area contributed by atoms with E-state index in [1.165, 1.54) is 11.0 Å². The highest BCUT2D eigenvalue weighted by atomic mass is 35.5. The maximum Gasteiger partial charge on any atom is 0.413 e. The first-order valence-corrected chi connectivity index (χ1v) is 12.8. The number of hydrogen-bond donors (Lipinski definition) is 0. The zero-order chi connectivity index (χ0) is 25.9. The van der Waals surface area contributed by atoms with Crippen molar-refractivity contribution in [3.63, 3.8) is 0 Å². The van der Waals surface area contributed by atoms with Crippen LogP contribution in [0.25, 0.3) is 11.8 Å². The molecule has 3 aliphatic heterocycles. The summed E-state index contributed by atoms with van der Waals surface area (Å²) in [5.74, 6) is 0.406. The second-order valence-corrected chi connectivity index (χ2v) is 11.1. The molecule has 7 heteroatoms. The van der Waals surface area contributed by atoms with E-state index < -0.39 is 29.3 Å². The van der Waals surface area contributed by atoms with E-state index in [-0.39, 0.29) is 11.5 Å². The van der Waals surface area contributed by atoms with Crippen LogP contribution in [0, 0.1) is 11.7 Å². The van der Waals surface area contributed by atoms with E-state index in [1.807, 2.05) is 69.3 Å². The van der Waals surface area contributed by atoms with Crippen LogP contribution in [-0.2, 0) is 15.2 Å². The smallest absolute Gasteiger partial charge is 0.413 e. The quantitative estimate of drug-likeness (QED) is 0.350. The van der Waals surface area contributed by atoms with E-state index in [1.54, 1.807) is 18.2 Å². The first kappa shape index (κ1) is 23.9. The van der Waals surface area contributed by atoms with Crippen molar-refractivity contribution in [3.05, 3.63) is 99.8 Å². The zero-order valence-corrected chi connectivity index (χ0v) is 21.6. The monoisotopic (exact) mass is 519 g/mol. The normalized spacial score (nSPS) is 23.8. The van der Waals surface area contributed by atoms with Gasteiger partial charge in [-0.3, -0.25) is 4.90 Å². The van der Waals surface area contributed by atoms with E-state index >= 15 is 4.39 Å². The summed E-state index contributed by atoms with van der Waals surface area (Å²) in [6, 6.07) is 19.7. The number of ether oxygens (including phenoxy) is 3. The Labute approximate surface area is 220 Å². The fourth-order valence-electron chi connectivity index (χ4n) is 5.68. The molecule has 3 aromatic carbocycles. The standard InChI is InChI=1S/C30H27ClFNO4/c1-29(2,3)37-28(34)33-16-15-22-27-26-19(17-25(35-27)18-11-13-20(31)14-12-18)7-6-10-24(26)36-30(22,33)21-8-4-5-9-23(21)32/h4-14,17,22,27H,15-16H2,1-3H3/t22-,27+,30+/m1/s1. The fraction of sp³-hybridized carbons (Fsp3) is 0.300. The average molecular weight is 520 g/mol. The van der Waals surface area contributed by atoms with Gasteiger partial charge in [-0.05, 0) is 75.2 Å². The topological polar surface area (TPSA) is 48.0 Å². The van der Waals surface area contributed by atoms with Crippen molar-refractivity contribution in [1.82, 2.24) is 4.90 Å². The summed E-state index contributed by atoms with van der Waals surface area (Å²) in [6.45, 7) is 5.76. The first-order valence-electron chi connectivity index (χ1n) is 12.4. The molecule has 0 aliphatic carbocycles. The SMILES string of the molecule is CC(C)(C)OC(=O)N1CC[C@@H]2[C@@H]3OC(c4ccc(Cl)cc4)=Cc4cccc(c43)O[C@@]21c1ccccc1F. The van der Waals surface area contributed by atoms with Gasteiger partial charge < -0.3 is 14.2 Å². The van der Waals surface area contributed by atoms with E-state index in [9.17, 15) is 4.79 Å². The van der Waals surface area contributed by atoms with Gasteiger partial charge in [-0.1, -0.05) is 41.9 Å². The third-order valence-corrected chi connectivity index (χ3v) is 7.38. The molecule has 3 aromatic rings. The highest BCUT2D eigenvalue weighted by Gasteiger charge is 2.63. The molecule has 0 bridgehead atoms. The highest BCUT2D eigenvalue weighted by molar-refractivity contribution is 6.30. The third kappa shape index (κ3) is 3.86. The Morgan fingerprint density at radius 3 is 2.57 bits per heavy atom. The van der Waals surface area contributed by atoms with Crippen molar-refractivity contribution in [3.8, 4) is 5.75 Å². The molecular formula is C30H27ClFNO4. The summed E-state index contributed by atoms with van der Waals surface area (Å²) in [4.78, 5) is 15.1. The minimum atomic E-state index is -1.44. The average Bonchev–Trinajstić information content (AvgIpc) is 3.24. The molecule has 0 aromatic heterocycles. The van der Waals surface area contributed by atoms with Crippen LogP contribution >= 0.6 is 11.6 Å². The lowest BCUT2D eigenvalue weighted by atomic mass is 9.77. The largest absolute Gasteiger partial charge is 0.484 e. The van der Waals surface area contributed by atoms with Gasteiger partial charge in [0.15, 0.2) is 0 Å². The van der Waals surface area contributed by atoms with Crippen molar-refractivity contribution in [2.24, 2.45) is 5.92 Å². The Hall–Kier alpha value is -3.51. The lowest BCUT2D eigenvalue weighted by Gasteiger charge is -2.49. The molecule has 190 valence electrons. The number of halogens is 2. The van der Waals surface area contributed by atoms with E-state index in [4.69, 9.17) is 25.8 Å². The van der Waals surface area contributed by atoms with Crippen molar-refractivity contribution in [2.45, 2.75) is 44.6 Å². The molecule has 0 N–H and O–H groups in total. The Bertz CT molecular complexity index is 1410. The van der Waals surface area contributed by atoms with Crippen molar-refractivity contribution >= 4 is 29.5 Å². The van der Waals surface area contributed by atoms with Crippen LogP contribution in [0.4, 0.5) is 9.18 Å². The molecule has 0 saturated carbocycles. The molecular weight excluding hydrogens is 493 g/mol. The number of hydrogen-bond acceptors (Lipinski definition) is 4. The first-order chi connectivity index (χ1) is 17.7. The molecule has 37 heavy (non-hydrogen) atoms. The van der Waals surface area contributed by atoms with Crippen LogP contribution in [0.1, 0.15) is 55.5 Å². The van der Waals surface area contributed by atoms with Gasteiger partial charge >= 0.3 is 6.09 Å². The predicted octanol–water partition coefficient (Wildman–Crippen LogP) is 7.55. The van der Waals surface area contributed by atoms with Crippen LogP contribution in [0.5, 0.6) is 5.75 Å². The van der Waals surface area contributed by atoms with Crippen molar-refractivity contribution in [1.29, 1.82) is 0 Å². The summed E-state index contributed by atoms with van der Waals surface area (Å²) in [5, 5.41) is 0.635. The molecule has 3 aliphatic rings. The number of benzene rings is 3. The fourth-order valence-corrected chi connectivity index (χ4v) is 5.81. The number of nitrogens with zero attached hydrogens (tertiary/aromatic N) is 1. The lowest BCUT2D eigenvalue weighted by Crippen LogP contribution is -2.57. The Kier molecular flexibility index (Phi) is 5.50. The minimum Gasteiger partial charge on any atom is -0.484 e. The van der Waals surface area contributed by atoms with Crippen LogP contribution < -0.4 is 4.74 Å². The van der Waals surface area contributed by atoms with Gasteiger partial charge in [0.1, 0.15) is 29.0 Å². The number of amides is 1. The molecule has 5 nitrogen and oxygen atoms in total. The van der Waals surface area contributed by atoms with Gasteiger partial charge in [-0.15, -0.1) is 0 Å². The van der Waals surface area contributed by atoms with E-state index in [0.29, 0.717) is 29.5 Å². The number of rotatable bonds is 2. The molecule has 0 unspecified atom stereocenters. The number of carbonyl (C=O) groups excluding carboxylic acids is 1. The van der Waals surface area contributed by atoms with Gasteiger partial charge in [0.05, 0.1) is 11.5 Å². The number of likely N-dealkylation sites (tertiary alicyclic amines) is 1. The second kappa shape index (κ2) is 8.52. The Balaban J connectivity index is 1.52. The zero-order valence-electron chi connectivity index (χ0n) is 20.8. The van der Waals surface area contributed by atoms with Gasteiger partial charge in [-0.25, -0.2) is 9.18 Å². The second-order valence-electron chi connectivity index (χ2n) is 10.6. The van der Waals surface area contributed by atoms with E-state index in [2.05, 4.69) is 0 Å². The molecule has 1 amide bonds. The van der Waals surface area contributed by atoms with Crippen molar-refractivity contribution < 1.29 is 23.4 Å². The maximum absolute atomic E-state index is 15.5.